The number of imidazole rings is 1. The maximum absolute atomic E-state index is 12.3. The van der Waals surface area contributed by atoms with E-state index in [0.717, 1.165) is 25.3 Å². The van der Waals surface area contributed by atoms with E-state index in [1.807, 2.05) is 16.7 Å². The summed E-state index contributed by atoms with van der Waals surface area (Å²) in [6.07, 6.45) is 2.39. The number of carbonyl (C=O) groups is 1. The van der Waals surface area contributed by atoms with Crippen molar-refractivity contribution < 1.29 is 4.79 Å². The highest BCUT2D eigenvalue weighted by atomic mass is 32.2. The molecule has 0 radical (unpaired) electrons. The van der Waals surface area contributed by atoms with Crippen LogP contribution in [0.25, 0.3) is 0 Å². The predicted octanol–water partition coefficient (Wildman–Crippen LogP) is 2.08. The van der Waals surface area contributed by atoms with Gasteiger partial charge in [-0.05, 0) is 17.9 Å². The van der Waals surface area contributed by atoms with Crippen LogP contribution in [0.2, 0.25) is 0 Å². The Morgan fingerprint density at radius 2 is 2.30 bits per heavy atom. The van der Waals surface area contributed by atoms with Crippen molar-refractivity contribution in [1.82, 2.24) is 14.9 Å². The minimum absolute atomic E-state index is 0.101. The first kappa shape index (κ1) is 13.5. The Labute approximate surface area is 124 Å². The van der Waals surface area contributed by atoms with Crippen LogP contribution in [0, 0.1) is 0 Å². The van der Waals surface area contributed by atoms with E-state index in [0.29, 0.717) is 10.9 Å². The van der Waals surface area contributed by atoms with Gasteiger partial charge in [-0.25, -0.2) is 4.79 Å². The van der Waals surface area contributed by atoms with Crippen LogP contribution in [0.15, 0.2) is 28.5 Å². The van der Waals surface area contributed by atoms with Crippen LogP contribution >= 0.6 is 23.1 Å². The van der Waals surface area contributed by atoms with Gasteiger partial charge in [0.15, 0.2) is 0 Å². The minimum atomic E-state index is -0.339. The van der Waals surface area contributed by atoms with Crippen molar-refractivity contribution in [3.8, 4) is 0 Å². The largest absolute Gasteiger partial charge is 0.336 e. The van der Waals surface area contributed by atoms with E-state index in [9.17, 15) is 9.59 Å². The zero-order valence-corrected chi connectivity index (χ0v) is 12.4. The molecule has 1 aliphatic rings. The Kier molecular flexibility index (Phi) is 3.98. The van der Waals surface area contributed by atoms with Crippen molar-refractivity contribution in [3.05, 3.63) is 44.8 Å². The summed E-state index contributed by atoms with van der Waals surface area (Å²) in [5.41, 5.74) is 0.00332. The van der Waals surface area contributed by atoms with E-state index in [2.05, 4.69) is 27.5 Å². The summed E-state index contributed by atoms with van der Waals surface area (Å²) in [7, 11) is 0. The molecule has 7 heteroatoms. The van der Waals surface area contributed by atoms with Gasteiger partial charge in [0, 0.05) is 35.2 Å². The van der Waals surface area contributed by atoms with Crippen LogP contribution in [0.1, 0.15) is 27.0 Å². The molecule has 5 nitrogen and oxygen atoms in total. The molecule has 3 heterocycles. The summed E-state index contributed by atoms with van der Waals surface area (Å²) in [5, 5.41) is 2.56. The van der Waals surface area contributed by atoms with E-state index in [4.69, 9.17) is 0 Å². The lowest BCUT2D eigenvalue weighted by Gasteiger charge is -2.19. The predicted molar refractivity (Wildman–Crippen MR) is 81.5 cm³/mol. The molecule has 20 heavy (non-hydrogen) atoms. The fourth-order valence-corrected chi connectivity index (χ4v) is 4.53. The Morgan fingerprint density at radius 3 is 3.00 bits per heavy atom. The molecule has 0 unspecified atom stereocenters. The molecule has 1 amide bonds. The summed E-state index contributed by atoms with van der Waals surface area (Å²) in [6, 6.07) is 4.22. The lowest BCUT2D eigenvalue weighted by atomic mass is 10.2. The second-order valence-electron chi connectivity index (χ2n) is 4.61. The van der Waals surface area contributed by atoms with Crippen molar-refractivity contribution in [3.63, 3.8) is 0 Å². The molecule has 0 aliphatic carbocycles. The number of nitrogens with one attached hydrogen (secondary N) is 2. The lowest BCUT2D eigenvalue weighted by Crippen LogP contribution is -2.33. The molecule has 3 rings (SSSR count). The Morgan fingerprint density at radius 1 is 1.40 bits per heavy atom. The third kappa shape index (κ3) is 2.83. The van der Waals surface area contributed by atoms with Crippen LogP contribution in [0.5, 0.6) is 0 Å². The van der Waals surface area contributed by atoms with E-state index in [-0.39, 0.29) is 11.6 Å². The maximum Gasteiger partial charge on any atom is 0.323 e. The minimum Gasteiger partial charge on any atom is -0.336 e. The topological polar surface area (TPSA) is 69.0 Å². The number of nitrogens with zero attached hydrogens (tertiary/aromatic N) is 1. The Balaban J connectivity index is 1.68. The highest BCUT2D eigenvalue weighted by molar-refractivity contribution is 7.99. The quantitative estimate of drug-likeness (QED) is 0.892. The lowest BCUT2D eigenvalue weighted by molar-refractivity contribution is 0.0761. The number of thioether (sulfide) groups is 1. The number of hydrogen-bond acceptors (Lipinski definition) is 4. The first-order valence-electron chi connectivity index (χ1n) is 6.46. The first-order valence-corrected chi connectivity index (χ1v) is 8.39. The second kappa shape index (κ2) is 5.88. The van der Waals surface area contributed by atoms with Crippen LogP contribution in [-0.2, 0) is 0 Å². The monoisotopic (exact) mass is 309 g/mol. The number of hydrogen-bond donors (Lipinski definition) is 2. The van der Waals surface area contributed by atoms with Crippen molar-refractivity contribution in [2.45, 2.75) is 11.7 Å². The van der Waals surface area contributed by atoms with Gasteiger partial charge in [0.1, 0.15) is 5.69 Å². The van der Waals surface area contributed by atoms with E-state index >= 15 is 0 Å². The summed E-state index contributed by atoms with van der Waals surface area (Å²) < 4.78 is 0. The van der Waals surface area contributed by atoms with Gasteiger partial charge in [0.05, 0.1) is 0 Å². The molecule has 0 bridgehead atoms. The van der Waals surface area contributed by atoms with Gasteiger partial charge < -0.3 is 14.9 Å². The average Bonchev–Trinajstić information content (AvgIpc) is 3.05. The van der Waals surface area contributed by atoms with Gasteiger partial charge in [-0.15, -0.1) is 11.3 Å². The molecule has 1 fully saturated rings. The van der Waals surface area contributed by atoms with E-state index in [1.165, 1.54) is 11.1 Å². The van der Waals surface area contributed by atoms with Gasteiger partial charge in [-0.2, -0.15) is 11.8 Å². The number of thiophene rings is 1. The van der Waals surface area contributed by atoms with Gasteiger partial charge in [-0.3, -0.25) is 4.79 Å². The van der Waals surface area contributed by atoms with Crippen molar-refractivity contribution in [2.24, 2.45) is 0 Å². The highest BCUT2D eigenvalue weighted by Crippen LogP contribution is 2.36. The number of aromatic nitrogens is 2. The van der Waals surface area contributed by atoms with Crippen LogP contribution in [-0.4, -0.2) is 39.6 Å². The molecule has 2 aromatic heterocycles. The number of amides is 1. The summed E-state index contributed by atoms with van der Waals surface area (Å²) in [6.45, 7) is 1.44. The SMILES string of the molecule is O=C(c1c[nH]c(=O)[nH]1)N1CCS[C@H](c2cccs2)CC1. The van der Waals surface area contributed by atoms with Crippen molar-refractivity contribution >= 4 is 29.0 Å². The number of aromatic amines is 2. The van der Waals surface area contributed by atoms with Gasteiger partial charge in [0.25, 0.3) is 5.91 Å². The average molecular weight is 309 g/mol. The third-order valence-corrected chi connectivity index (χ3v) is 5.76. The Hall–Kier alpha value is -1.47. The molecule has 2 N–H and O–H groups in total. The number of carbonyl (C=O) groups excluding carboxylic acids is 1. The van der Waals surface area contributed by atoms with Crippen LogP contribution in [0.3, 0.4) is 0 Å². The van der Waals surface area contributed by atoms with Crippen LogP contribution < -0.4 is 5.69 Å². The summed E-state index contributed by atoms with van der Waals surface area (Å²) >= 11 is 3.67. The number of H-pyrrole nitrogens is 2. The summed E-state index contributed by atoms with van der Waals surface area (Å²) in [4.78, 5) is 31.5. The third-order valence-electron chi connectivity index (χ3n) is 3.32. The molecular weight excluding hydrogens is 294 g/mol. The standard InChI is InChI=1S/C13H15N3O2S2/c17-12(9-8-14-13(18)15-9)16-4-3-11(20-7-5-16)10-2-1-6-19-10/h1-2,6,8,11H,3-5,7H2,(H2,14,15,18)/t11-/m0/s1. The normalized spacial score (nSPS) is 19.8. The summed E-state index contributed by atoms with van der Waals surface area (Å²) in [5.74, 6) is 0.818. The van der Waals surface area contributed by atoms with Gasteiger partial charge in [-0.1, -0.05) is 6.07 Å². The van der Waals surface area contributed by atoms with Crippen molar-refractivity contribution in [2.75, 3.05) is 18.8 Å². The first-order chi connectivity index (χ1) is 9.74. The van der Waals surface area contributed by atoms with Crippen molar-refractivity contribution in [1.29, 1.82) is 0 Å². The molecule has 1 aliphatic heterocycles. The zero-order chi connectivity index (χ0) is 13.9. The second-order valence-corrected chi connectivity index (χ2v) is 6.90. The fourth-order valence-electron chi connectivity index (χ4n) is 2.29. The van der Waals surface area contributed by atoms with Crippen LogP contribution in [0.4, 0.5) is 0 Å². The smallest absolute Gasteiger partial charge is 0.323 e. The zero-order valence-electron chi connectivity index (χ0n) is 10.8. The van der Waals surface area contributed by atoms with Gasteiger partial charge in [0.2, 0.25) is 0 Å². The molecule has 0 aromatic carbocycles. The molecule has 1 saturated heterocycles. The molecule has 2 aromatic rings. The van der Waals surface area contributed by atoms with Gasteiger partial charge >= 0.3 is 5.69 Å². The molecular formula is C13H15N3O2S2. The number of rotatable bonds is 2. The highest BCUT2D eigenvalue weighted by Gasteiger charge is 2.24. The van der Waals surface area contributed by atoms with E-state index in [1.54, 1.807) is 11.3 Å². The maximum atomic E-state index is 12.3. The molecule has 0 saturated carbocycles. The fraction of sp³-hybridized carbons (Fsp3) is 0.385. The Bertz CT molecular complexity index is 632. The molecule has 106 valence electrons. The molecule has 1 atom stereocenters. The molecule has 0 spiro atoms. The van der Waals surface area contributed by atoms with E-state index < -0.39 is 0 Å².